The molecule has 0 saturated carbocycles. The number of nitrogens with one attached hydrogen (secondary N) is 2. The molecular weight excluding hydrogens is 450 g/mol. The third-order valence-electron chi connectivity index (χ3n) is 5.44. The van der Waals surface area contributed by atoms with E-state index in [0.29, 0.717) is 38.1 Å². The number of benzene rings is 3. The first-order valence-corrected chi connectivity index (χ1v) is 10.8. The molecule has 2 aromatic heterocycles. The predicted octanol–water partition coefficient (Wildman–Crippen LogP) is 4.76. The van der Waals surface area contributed by atoms with Crippen LogP contribution in [0.2, 0.25) is 5.02 Å². The van der Waals surface area contributed by atoms with E-state index in [1.807, 2.05) is 54.6 Å². The van der Waals surface area contributed by atoms with Crippen LogP contribution in [0, 0.1) is 0 Å². The van der Waals surface area contributed by atoms with E-state index in [4.69, 9.17) is 17.3 Å². The summed E-state index contributed by atoms with van der Waals surface area (Å²) in [5.41, 5.74) is 14.6. The molecule has 4 N–H and O–H groups in total. The maximum Gasteiger partial charge on any atom is 0.273 e. The Morgan fingerprint density at radius 2 is 1.47 bits per heavy atom. The lowest BCUT2D eigenvalue weighted by molar-refractivity contribution is 0.0848. The second-order valence-electron chi connectivity index (χ2n) is 7.59. The Kier molecular flexibility index (Phi) is 5.53. The Bertz CT molecular complexity index is 1570. The van der Waals surface area contributed by atoms with Gasteiger partial charge in [0, 0.05) is 27.6 Å². The van der Waals surface area contributed by atoms with Crippen LogP contribution in [0.25, 0.3) is 33.1 Å². The number of halogens is 1. The van der Waals surface area contributed by atoms with Gasteiger partial charge < -0.3 is 5.73 Å². The number of hydrogen-bond acceptors (Lipinski definition) is 5. The molecule has 8 heteroatoms. The molecular formula is C26H18ClN5O2. The molecule has 0 radical (unpaired) electrons. The molecule has 0 saturated heterocycles. The van der Waals surface area contributed by atoms with Gasteiger partial charge in [-0.2, -0.15) is 0 Å². The molecule has 7 nitrogen and oxygen atoms in total. The van der Waals surface area contributed by atoms with E-state index in [0.717, 1.165) is 5.56 Å². The number of aromatic nitrogens is 2. The average Bonchev–Trinajstić information content (AvgIpc) is 2.87. The molecule has 0 aliphatic heterocycles. The van der Waals surface area contributed by atoms with E-state index in [9.17, 15) is 9.59 Å². The minimum Gasteiger partial charge on any atom is -0.397 e. The van der Waals surface area contributed by atoms with Gasteiger partial charge >= 0.3 is 0 Å². The number of nitrogens with two attached hydrogens (primary N) is 1. The van der Waals surface area contributed by atoms with E-state index < -0.39 is 11.8 Å². The van der Waals surface area contributed by atoms with Crippen LogP contribution >= 0.6 is 11.6 Å². The lowest BCUT2D eigenvalue weighted by Crippen LogP contribution is -2.42. The normalized spacial score (nSPS) is 10.9. The number of nitrogens with zero attached hydrogens (tertiary/aromatic N) is 2. The number of rotatable bonds is 3. The number of nitrogen functional groups attached to an aromatic ring is 1. The summed E-state index contributed by atoms with van der Waals surface area (Å²) in [5, 5.41) is 1.69. The highest BCUT2D eigenvalue weighted by molar-refractivity contribution is 6.31. The lowest BCUT2D eigenvalue weighted by atomic mass is 10.0. The first-order chi connectivity index (χ1) is 16.5. The van der Waals surface area contributed by atoms with Crippen molar-refractivity contribution in [3.63, 3.8) is 0 Å². The number of hydrogen-bond donors (Lipinski definition) is 3. The highest BCUT2D eigenvalue weighted by atomic mass is 35.5. The summed E-state index contributed by atoms with van der Waals surface area (Å²) in [6, 6.07) is 23.6. The van der Waals surface area contributed by atoms with E-state index in [-0.39, 0.29) is 11.3 Å². The fourth-order valence-corrected chi connectivity index (χ4v) is 3.91. The van der Waals surface area contributed by atoms with E-state index in [1.54, 1.807) is 24.3 Å². The molecule has 5 rings (SSSR count). The molecule has 0 fully saturated rings. The van der Waals surface area contributed by atoms with Gasteiger partial charge in [0.15, 0.2) is 0 Å². The number of amides is 2. The van der Waals surface area contributed by atoms with Crippen molar-refractivity contribution in [1.29, 1.82) is 0 Å². The standard InChI is InChI=1S/C26H18ClN5O2/c27-16-10-11-21-19(12-16)24(28)20(14-29-21)26(34)32-31-25(33)18-13-23(15-6-2-1-3-7-15)30-22-9-5-4-8-17(18)22/h1-14H,(H2,28,29)(H,31,33)(H,32,34). The fourth-order valence-electron chi connectivity index (χ4n) is 3.73. The topological polar surface area (TPSA) is 110 Å². The highest BCUT2D eigenvalue weighted by Crippen LogP contribution is 2.26. The highest BCUT2D eigenvalue weighted by Gasteiger charge is 2.17. The first kappa shape index (κ1) is 21.4. The van der Waals surface area contributed by atoms with Crippen LogP contribution < -0.4 is 16.6 Å². The van der Waals surface area contributed by atoms with Crippen molar-refractivity contribution in [2.45, 2.75) is 0 Å². The first-order valence-electron chi connectivity index (χ1n) is 10.4. The average molecular weight is 468 g/mol. The quantitative estimate of drug-likeness (QED) is 0.331. The minimum absolute atomic E-state index is 0.125. The Hall–Kier alpha value is -4.49. The second-order valence-corrected chi connectivity index (χ2v) is 8.03. The predicted molar refractivity (Wildman–Crippen MR) is 133 cm³/mol. The molecule has 0 aliphatic rings. The molecule has 0 spiro atoms. The van der Waals surface area contributed by atoms with Crippen LogP contribution in [0.5, 0.6) is 0 Å². The zero-order valence-electron chi connectivity index (χ0n) is 17.7. The Balaban J connectivity index is 1.44. The zero-order chi connectivity index (χ0) is 23.7. The molecule has 34 heavy (non-hydrogen) atoms. The molecule has 0 atom stereocenters. The van der Waals surface area contributed by atoms with Crippen molar-refractivity contribution in [3.8, 4) is 11.3 Å². The van der Waals surface area contributed by atoms with Gasteiger partial charge in [0.2, 0.25) is 0 Å². The number of anilines is 1. The monoisotopic (exact) mass is 467 g/mol. The number of carbonyl (C=O) groups is 2. The van der Waals surface area contributed by atoms with Crippen molar-refractivity contribution in [2.75, 3.05) is 5.73 Å². The zero-order valence-corrected chi connectivity index (χ0v) is 18.5. The van der Waals surface area contributed by atoms with Gasteiger partial charge in [-0.25, -0.2) is 4.98 Å². The summed E-state index contributed by atoms with van der Waals surface area (Å²) in [5.74, 6) is -1.08. The van der Waals surface area contributed by atoms with Crippen molar-refractivity contribution >= 4 is 50.9 Å². The molecule has 0 bridgehead atoms. The van der Waals surface area contributed by atoms with Crippen LogP contribution in [0.4, 0.5) is 5.69 Å². The Morgan fingerprint density at radius 1 is 0.765 bits per heavy atom. The van der Waals surface area contributed by atoms with Crippen LogP contribution in [0.15, 0.2) is 85.1 Å². The summed E-state index contributed by atoms with van der Waals surface area (Å²) in [7, 11) is 0. The van der Waals surface area contributed by atoms with Gasteiger partial charge in [0.05, 0.1) is 33.5 Å². The number of carbonyl (C=O) groups excluding carboxylic acids is 2. The SMILES string of the molecule is Nc1c(C(=O)NNC(=O)c2cc(-c3ccccc3)nc3ccccc23)cnc2ccc(Cl)cc12. The van der Waals surface area contributed by atoms with Gasteiger partial charge in [-0.1, -0.05) is 60.1 Å². The summed E-state index contributed by atoms with van der Waals surface area (Å²) in [6.45, 7) is 0. The number of pyridine rings is 2. The van der Waals surface area contributed by atoms with E-state index in [2.05, 4.69) is 20.8 Å². The van der Waals surface area contributed by atoms with Crippen LogP contribution in [0.3, 0.4) is 0 Å². The molecule has 2 amide bonds. The van der Waals surface area contributed by atoms with Crippen molar-refractivity contribution in [1.82, 2.24) is 20.8 Å². The maximum absolute atomic E-state index is 13.1. The number of hydrazine groups is 1. The fraction of sp³-hybridized carbons (Fsp3) is 0. The van der Waals surface area contributed by atoms with Crippen LogP contribution in [-0.2, 0) is 0 Å². The maximum atomic E-state index is 13.1. The number of fused-ring (bicyclic) bond motifs is 2. The van der Waals surface area contributed by atoms with Crippen LogP contribution in [-0.4, -0.2) is 21.8 Å². The Labute approximate surface area is 199 Å². The third-order valence-corrected chi connectivity index (χ3v) is 5.67. The van der Waals surface area contributed by atoms with Crippen molar-refractivity contribution in [3.05, 3.63) is 101 Å². The summed E-state index contributed by atoms with van der Waals surface area (Å²) in [4.78, 5) is 34.8. The summed E-state index contributed by atoms with van der Waals surface area (Å²) >= 11 is 6.05. The largest absolute Gasteiger partial charge is 0.397 e. The molecule has 3 aromatic carbocycles. The van der Waals surface area contributed by atoms with Gasteiger partial charge in [-0.05, 0) is 30.3 Å². The van der Waals surface area contributed by atoms with E-state index in [1.165, 1.54) is 6.20 Å². The van der Waals surface area contributed by atoms with Crippen LogP contribution in [0.1, 0.15) is 20.7 Å². The minimum atomic E-state index is -0.595. The summed E-state index contributed by atoms with van der Waals surface area (Å²) < 4.78 is 0. The molecule has 2 heterocycles. The molecule has 0 aliphatic carbocycles. The van der Waals surface area contributed by atoms with Gasteiger partial charge in [0.25, 0.3) is 11.8 Å². The number of para-hydroxylation sites is 1. The Morgan fingerprint density at radius 3 is 2.26 bits per heavy atom. The third kappa shape index (κ3) is 4.00. The molecule has 0 unspecified atom stereocenters. The second kappa shape index (κ2) is 8.80. The van der Waals surface area contributed by atoms with Gasteiger partial charge in [0.1, 0.15) is 0 Å². The lowest BCUT2D eigenvalue weighted by Gasteiger charge is -2.13. The molecule has 5 aromatic rings. The summed E-state index contributed by atoms with van der Waals surface area (Å²) in [6.07, 6.45) is 1.36. The van der Waals surface area contributed by atoms with Gasteiger partial charge in [-0.3, -0.25) is 25.4 Å². The molecule has 166 valence electrons. The van der Waals surface area contributed by atoms with Crippen molar-refractivity contribution < 1.29 is 9.59 Å². The smallest absolute Gasteiger partial charge is 0.273 e. The van der Waals surface area contributed by atoms with Crippen molar-refractivity contribution in [2.24, 2.45) is 0 Å². The van der Waals surface area contributed by atoms with Gasteiger partial charge in [-0.15, -0.1) is 0 Å². The van der Waals surface area contributed by atoms with E-state index >= 15 is 0 Å².